The van der Waals surface area contributed by atoms with Crippen LogP contribution in [-0.4, -0.2) is 56.6 Å². The van der Waals surface area contributed by atoms with Crippen molar-refractivity contribution in [3.63, 3.8) is 0 Å². The normalized spacial score (nSPS) is 13.6. The molecular weight excluding hydrogens is 272 g/mol. The number of hydrogen-bond acceptors (Lipinski definition) is 6. The summed E-state index contributed by atoms with van der Waals surface area (Å²) in [5, 5.41) is 22.3. The SMILES string of the molecule is COC(=O)CC(NCCO)C(O)c1ccc(N(C)C)cc1. The highest BCUT2D eigenvalue weighted by atomic mass is 16.5. The fraction of sp³-hybridized carbons (Fsp3) is 0.533. The van der Waals surface area contributed by atoms with Gasteiger partial charge in [-0.05, 0) is 17.7 Å². The van der Waals surface area contributed by atoms with Gasteiger partial charge in [0, 0.05) is 32.4 Å². The number of rotatable bonds is 8. The summed E-state index contributed by atoms with van der Waals surface area (Å²) in [5.74, 6) is -0.408. The molecule has 0 amide bonds. The third-order valence-corrected chi connectivity index (χ3v) is 3.26. The van der Waals surface area contributed by atoms with Crippen LogP contribution in [0.4, 0.5) is 5.69 Å². The average Bonchev–Trinajstić information content (AvgIpc) is 2.50. The molecule has 0 fully saturated rings. The fourth-order valence-electron chi connectivity index (χ4n) is 2.01. The Morgan fingerprint density at radius 2 is 1.95 bits per heavy atom. The lowest BCUT2D eigenvalue weighted by atomic mass is 9.99. The van der Waals surface area contributed by atoms with Gasteiger partial charge in [-0.15, -0.1) is 0 Å². The van der Waals surface area contributed by atoms with Crippen molar-refractivity contribution in [2.75, 3.05) is 39.3 Å². The van der Waals surface area contributed by atoms with E-state index in [4.69, 9.17) is 5.11 Å². The number of aliphatic hydroxyl groups is 2. The molecule has 1 rings (SSSR count). The Labute approximate surface area is 125 Å². The largest absolute Gasteiger partial charge is 0.469 e. The highest BCUT2D eigenvalue weighted by Crippen LogP contribution is 2.22. The third-order valence-electron chi connectivity index (χ3n) is 3.26. The summed E-state index contributed by atoms with van der Waals surface area (Å²) >= 11 is 0. The molecule has 21 heavy (non-hydrogen) atoms. The van der Waals surface area contributed by atoms with E-state index in [1.165, 1.54) is 7.11 Å². The van der Waals surface area contributed by atoms with Crippen molar-refractivity contribution in [2.45, 2.75) is 18.6 Å². The molecule has 0 aliphatic rings. The van der Waals surface area contributed by atoms with Crippen molar-refractivity contribution >= 4 is 11.7 Å². The summed E-state index contributed by atoms with van der Waals surface area (Å²) in [6.45, 7) is 0.235. The van der Waals surface area contributed by atoms with Gasteiger partial charge in [-0.3, -0.25) is 4.79 Å². The van der Waals surface area contributed by atoms with Gasteiger partial charge in [0.25, 0.3) is 0 Å². The second kappa shape index (κ2) is 8.61. The van der Waals surface area contributed by atoms with E-state index in [9.17, 15) is 9.90 Å². The van der Waals surface area contributed by atoms with Crippen molar-refractivity contribution in [1.29, 1.82) is 0 Å². The summed E-state index contributed by atoms with van der Waals surface area (Å²) in [4.78, 5) is 13.4. The summed E-state index contributed by atoms with van der Waals surface area (Å²) in [5.41, 5.74) is 1.73. The van der Waals surface area contributed by atoms with E-state index in [1.807, 2.05) is 43.3 Å². The number of methoxy groups -OCH3 is 1. The van der Waals surface area contributed by atoms with E-state index in [0.717, 1.165) is 5.69 Å². The van der Waals surface area contributed by atoms with Gasteiger partial charge in [-0.2, -0.15) is 0 Å². The number of ether oxygens (including phenoxy) is 1. The van der Waals surface area contributed by atoms with Gasteiger partial charge in [0.15, 0.2) is 0 Å². The molecule has 6 nitrogen and oxygen atoms in total. The molecule has 0 heterocycles. The minimum absolute atomic E-state index is 0.0348. The first-order chi connectivity index (χ1) is 9.99. The van der Waals surface area contributed by atoms with Crippen LogP contribution < -0.4 is 10.2 Å². The maximum Gasteiger partial charge on any atom is 0.307 e. The van der Waals surface area contributed by atoms with Crippen LogP contribution in [0.1, 0.15) is 18.1 Å². The van der Waals surface area contributed by atoms with Gasteiger partial charge in [-0.1, -0.05) is 12.1 Å². The van der Waals surface area contributed by atoms with Gasteiger partial charge in [0.05, 0.1) is 26.2 Å². The smallest absolute Gasteiger partial charge is 0.307 e. The lowest BCUT2D eigenvalue weighted by molar-refractivity contribution is -0.142. The molecule has 2 atom stereocenters. The molecule has 0 spiro atoms. The molecule has 3 N–H and O–H groups in total. The van der Waals surface area contributed by atoms with E-state index >= 15 is 0 Å². The number of carbonyl (C=O) groups excluding carboxylic acids is 1. The number of aliphatic hydroxyl groups excluding tert-OH is 2. The maximum atomic E-state index is 11.4. The summed E-state index contributed by atoms with van der Waals surface area (Å²) < 4.78 is 4.64. The number of nitrogens with one attached hydrogen (secondary N) is 1. The topological polar surface area (TPSA) is 82.0 Å². The van der Waals surface area contributed by atoms with Gasteiger partial charge in [0.2, 0.25) is 0 Å². The number of anilines is 1. The lowest BCUT2D eigenvalue weighted by Gasteiger charge is -2.24. The van der Waals surface area contributed by atoms with Gasteiger partial charge in [0.1, 0.15) is 0 Å². The van der Waals surface area contributed by atoms with E-state index in [0.29, 0.717) is 12.1 Å². The number of benzene rings is 1. The van der Waals surface area contributed by atoms with Gasteiger partial charge < -0.3 is 25.2 Å². The van der Waals surface area contributed by atoms with E-state index in [1.54, 1.807) is 0 Å². The summed E-state index contributed by atoms with van der Waals surface area (Å²) in [6.07, 6.45) is -0.820. The van der Waals surface area contributed by atoms with Crippen LogP contribution >= 0.6 is 0 Å². The Morgan fingerprint density at radius 3 is 2.43 bits per heavy atom. The van der Waals surface area contributed by atoms with Crippen LogP contribution in [0.5, 0.6) is 0 Å². The predicted molar refractivity (Wildman–Crippen MR) is 81.2 cm³/mol. The van der Waals surface area contributed by atoms with Crippen molar-refractivity contribution in [3.8, 4) is 0 Å². The second-order valence-electron chi connectivity index (χ2n) is 5.00. The minimum atomic E-state index is -0.855. The molecule has 0 radical (unpaired) electrons. The van der Waals surface area contributed by atoms with Crippen LogP contribution in [-0.2, 0) is 9.53 Å². The van der Waals surface area contributed by atoms with Crippen molar-refractivity contribution in [3.05, 3.63) is 29.8 Å². The van der Waals surface area contributed by atoms with E-state index in [2.05, 4.69) is 10.1 Å². The second-order valence-corrected chi connectivity index (χ2v) is 5.00. The Hall–Kier alpha value is -1.63. The molecule has 1 aromatic carbocycles. The highest BCUT2D eigenvalue weighted by Gasteiger charge is 2.23. The molecule has 6 heteroatoms. The Kier molecular flexibility index (Phi) is 7.14. The van der Waals surface area contributed by atoms with Crippen molar-refractivity contribution in [2.24, 2.45) is 0 Å². The van der Waals surface area contributed by atoms with Crippen LogP contribution in [0.25, 0.3) is 0 Å². The predicted octanol–water partition coefficient (Wildman–Crippen LogP) is 0.300. The Bertz CT molecular complexity index is 434. The Morgan fingerprint density at radius 1 is 1.33 bits per heavy atom. The number of nitrogens with zero attached hydrogens (tertiary/aromatic N) is 1. The first kappa shape index (κ1) is 17.4. The summed E-state index contributed by atoms with van der Waals surface area (Å²) in [6, 6.07) is 6.95. The molecule has 0 saturated carbocycles. The van der Waals surface area contributed by atoms with Crippen molar-refractivity contribution < 1.29 is 19.7 Å². The highest BCUT2D eigenvalue weighted by molar-refractivity contribution is 5.70. The molecule has 0 aliphatic heterocycles. The molecule has 2 unspecified atom stereocenters. The molecule has 0 aliphatic carbocycles. The molecule has 0 aromatic heterocycles. The standard InChI is InChI=1S/C15H24N2O4/c1-17(2)12-6-4-11(5-7-12)15(20)13(16-8-9-18)10-14(19)21-3/h4-7,13,15-16,18,20H,8-10H2,1-3H3. The molecule has 0 bridgehead atoms. The zero-order valence-corrected chi connectivity index (χ0v) is 12.7. The first-order valence-electron chi connectivity index (χ1n) is 6.86. The summed E-state index contributed by atoms with van der Waals surface area (Å²) in [7, 11) is 5.19. The number of esters is 1. The minimum Gasteiger partial charge on any atom is -0.469 e. The number of carbonyl (C=O) groups is 1. The zero-order chi connectivity index (χ0) is 15.8. The van der Waals surface area contributed by atoms with Crippen molar-refractivity contribution in [1.82, 2.24) is 5.32 Å². The molecule has 1 aromatic rings. The lowest BCUT2D eigenvalue weighted by Crippen LogP contribution is -2.38. The third kappa shape index (κ3) is 5.34. The fourth-order valence-corrected chi connectivity index (χ4v) is 2.01. The molecule has 118 valence electrons. The zero-order valence-electron chi connectivity index (χ0n) is 12.7. The van der Waals surface area contributed by atoms with Crippen LogP contribution in [0, 0.1) is 0 Å². The van der Waals surface area contributed by atoms with E-state index < -0.39 is 18.1 Å². The first-order valence-corrected chi connectivity index (χ1v) is 6.86. The maximum absolute atomic E-state index is 11.4. The molecule has 0 saturated heterocycles. The van der Waals surface area contributed by atoms with E-state index in [-0.39, 0.29) is 13.0 Å². The van der Waals surface area contributed by atoms with Gasteiger partial charge >= 0.3 is 5.97 Å². The van der Waals surface area contributed by atoms with Crippen LogP contribution in [0.3, 0.4) is 0 Å². The van der Waals surface area contributed by atoms with Crippen LogP contribution in [0.2, 0.25) is 0 Å². The molecular formula is C15H24N2O4. The Balaban J connectivity index is 2.82. The van der Waals surface area contributed by atoms with Crippen LogP contribution in [0.15, 0.2) is 24.3 Å². The quantitative estimate of drug-likeness (QED) is 0.599. The van der Waals surface area contributed by atoms with Gasteiger partial charge in [-0.25, -0.2) is 0 Å². The monoisotopic (exact) mass is 296 g/mol. The number of hydrogen-bond donors (Lipinski definition) is 3. The average molecular weight is 296 g/mol.